The summed E-state index contributed by atoms with van der Waals surface area (Å²) in [6, 6.07) is 0. The van der Waals surface area contributed by atoms with Gasteiger partial charge in [0.05, 0.1) is 0 Å². The molecule has 0 amide bonds. The molecular weight excluding hydrogens is 188 g/mol. The van der Waals surface area contributed by atoms with E-state index in [1.807, 2.05) is 0 Å². The molecule has 2 heterocycles. The molecule has 2 unspecified atom stereocenters. The molecule has 2 fully saturated rings. The summed E-state index contributed by atoms with van der Waals surface area (Å²) in [6.07, 6.45) is -2.52. The average molecular weight is 200 g/mol. The largest absolute Gasteiger partial charge is 0.464 e. The fourth-order valence-corrected chi connectivity index (χ4v) is 1.28. The molecule has 0 radical (unpaired) electrons. The highest BCUT2D eigenvalue weighted by Gasteiger charge is 2.38. The first kappa shape index (κ1) is 9.51. The van der Waals surface area contributed by atoms with Crippen molar-refractivity contribution in [3.63, 3.8) is 0 Å². The summed E-state index contributed by atoms with van der Waals surface area (Å²) in [5.41, 5.74) is 0. The summed E-state index contributed by atoms with van der Waals surface area (Å²) >= 11 is 0. The zero-order chi connectivity index (χ0) is 10.1. The van der Waals surface area contributed by atoms with Crippen LogP contribution in [0, 0.1) is 0 Å². The van der Waals surface area contributed by atoms with Crippen LogP contribution >= 0.6 is 0 Å². The summed E-state index contributed by atoms with van der Waals surface area (Å²) in [5, 5.41) is 9.70. The van der Waals surface area contributed by atoms with Crippen molar-refractivity contribution in [2.75, 3.05) is 13.2 Å². The second-order valence-corrected chi connectivity index (χ2v) is 3.16. The van der Waals surface area contributed by atoms with Gasteiger partial charge in [-0.05, 0) is 0 Å². The van der Waals surface area contributed by atoms with E-state index in [1.165, 1.54) is 0 Å². The third-order valence-electron chi connectivity index (χ3n) is 1.94. The Bertz CT molecular complexity index is 236. The first-order chi connectivity index (χ1) is 6.66. The molecule has 1 N–H and O–H groups in total. The molecule has 0 aromatic rings. The summed E-state index contributed by atoms with van der Waals surface area (Å²) in [5.74, 6) is 0.983. The summed E-state index contributed by atoms with van der Waals surface area (Å²) < 4.78 is 20.5. The zero-order valence-corrected chi connectivity index (χ0v) is 7.64. The molecule has 0 aliphatic carbocycles. The Kier molecular flexibility index (Phi) is 2.45. The molecule has 0 aromatic heterocycles. The Morgan fingerprint density at radius 1 is 1.07 bits per heavy atom. The maximum absolute atomic E-state index is 9.70. The first-order valence-electron chi connectivity index (χ1n) is 4.27. The Labute approximate surface area is 81.5 Å². The van der Waals surface area contributed by atoms with Crippen molar-refractivity contribution in [3.8, 4) is 0 Å². The standard InChI is InChI=1S/C9H12O5/c1-5-3-11-8(13-5)7(10)9-12-4-6(2)14-9/h7-10H,1-4H2. The first-order valence-corrected chi connectivity index (χ1v) is 4.27. The monoisotopic (exact) mass is 200 g/mol. The van der Waals surface area contributed by atoms with Crippen LogP contribution in [0.2, 0.25) is 0 Å². The third kappa shape index (κ3) is 1.75. The van der Waals surface area contributed by atoms with Crippen molar-refractivity contribution in [2.24, 2.45) is 0 Å². The van der Waals surface area contributed by atoms with Gasteiger partial charge in [-0.3, -0.25) is 0 Å². The lowest BCUT2D eigenvalue weighted by molar-refractivity contribution is -0.200. The van der Waals surface area contributed by atoms with Crippen LogP contribution < -0.4 is 0 Å². The highest BCUT2D eigenvalue weighted by atomic mass is 16.8. The van der Waals surface area contributed by atoms with Gasteiger partial charge in [0, 0.05) is 0 Å². The molecule has 0 saturated carbocycles. The van der Waals surface area contributed by atoms with Gasteiger partial charge >= 0.3 is 0 Å². The van der Waals surface area contributed by atoms with Crippen LogP contribution in [0.5, 0.6) is 0 Å². The van der Waals surface area contributed by atoms with E-state index in [-0.39, 0.29) is 13.2 Å². The van der Waals surface area contributed by atoms with Crippen molar-refractivity contribution in [1.82, 2.24) is 0 Å². The van der Waals surface area contributed by atoms with E-state index < -0.39 is 18.7 Å². The number of aliphatic hydroxyl groups is 1. The minimum atomic E-state index is -0.992. The lowest BCUT2D eigenvalue weighted by Crippen LogP contribution is -2.38. The average Bonchev–Trinajstić information content (AvgIpc) is 2.73. The van der Waals surface area contributed by atoms with Gasteiger partial charge in [0.15, 0.2) is 6.10 Å². The van der Waals surface area contributed by atoms with Gasteiger partial charge in [0.25, 0.3) is 0 Å². The SMILES string of the molecule is C=C1COC(C(O)C2OCC(=C)O2)O1. The van der Waals surface area contributed by atoms with Crippen LogP contribution in [0.15, 0.2) is 24.7 Å². The molecule has 14 heavy (non-hydrogen) atoms. The topological polar surface area (TPSA) is 57.2 Å². The number of hydrogen-bond donors (Lipinski definition) is 1. The molecule has 78 valence electrons. The number of hydrogen-bond acceptors (Lipinski definition) is 5. The van der Waals surface area contributed by atoms with E-state index in [0.717, 1.165) is 0 Å². The van der Waals surface area contributed by atoms with Crippen molar-refractivity contribution < 1.29 is 24.1 Å². The van der Waals surface area contributed by atoms with Crippen molar-refractivity contribution in [1.29, 1.82) is 0 Å². The molecule has 2 aliphatic heterocycles. The van der Waals surface area contributed by atoms with E-state index in [9.17, 15) is 5.11 Å². The van der Waals surface area contributed by atoms with Gasteiger partial charge in [0.2, 0.25) is 12.6 Å². The van der Waals surface area contributed by atoms with Gasteiger partial charge in [-0.2, -0.15) is 0 Å². The highest BCUT2D eigenvalue weighted by Crippen LogP contribution is 2.23. The van der Waals surface area contributed by atoms with E-state index in [0.29, 0.717) is 11.5 Å². The minimum Gasteiger partial charge on any atom is -0.464 e. The number of aliphatic hydroxyl groups excluding tert-OH is 1. The number of rotatable bonds is 2. The Hall–Kier alpha value is -1.04. The minimum absolute atomic E-state index is 0.287. The second kappa shape index (κ2) is 3.61. The molecule has 5 heteroatoms. The molecule has 2 atom stereocenters. The zero-order valence-electron chi connectivity index (χ0n) is 7.64. The van der Waals surface area contributed by atoms with Crippen molar-refractivity contribution in [2.45, 2.75) is 18.7 Å². The molecule has 2 saturated heterocycles. The molecule has 2 aliphatic rings. The fourth-order valence-electron chi connectivity index (χ4n) is 1.28. The smallest absolute Gasteiger partial charge is 0.232 e. The highest BCUT2D eigenvalue weighted by molar-refractivity contribution is 4.93. The van der Waals surface area contributed by atoms with Crippen LogP contribution in [0.3, 0.4) is 0 Å². The van der Waals surface area contributed by atoms with Gasteiger partial charge < -0.3 is 24.1 Å². The Morgan fingerprint density at radius 3 is 1.79 bits per heavy atom. The molecule has 0 spiro atoms. The van der Waals surface area contributed by atoms with Crippen LogP contribution in [0.1, 0.15) is 0 Å². The van der Waals surface area contributed by atoms with E-state index in [1.54, 1.807) is 0 Å². The summed E-state index contributed by atoms with van der Waals surface area (Å²) in [4.78, 5) is 0. The van der Waals surface area contributed by atoms with Crippen LogP contribution in [-0.4, -0.2) is 37.0 Å². The predicted molar refractivity (Wildman–Crippen MR) is 45.9 cm³/mol. The van der Waals surface area contributed by atoms with Crippen molar-refractivity contribution in [3.05, 3.63) is 24.7 Å². The lowest BCUT2D eigenvalue weighted by atomic mass is 10.3. The molecule has 5 nitrogen and oxygen atoms in total. The Balaban J connectivity index is 1.91. The van der Waals surface area contributed by atoms with Gasteiger partial charge in [-0.25, -0.2) is 0 Å². The van der Waals surface area contributed by atoms with Gasteiger partial charge in [0.1, 0.15) is 24.7 Å². The van der Waals surface area contributed by atoms with E-state index in [2.05, 4.69) is 13.2 Å². The molecule has 0 bridgehead atoms. The molecule has 2 rings (SSSR count). The maximum Gasteiger partial charge on any atom is 0.232 e. The van der Waals surface area contributed by atoms with E-state index in [4.69, 9.17) is 18.9 Å². The lowest BCUT2D eigenvalue weighted by Gasteiger charge is -2.20. The molecule has 0 aromatic carbocycles. The summed E-state index contributed by atoms with van der Waals surface area (Å²) in [7, 11) is 0. The third-order valence-corrected chi connectivity index (χ3v) is 1.94. The maximum atomic E-state index is 9.70. The quantitative estimate of drug-likeness (QED) is 0.686. The van der Waals surface area contributed by atoms with Crippen LogP contribution in [-0.2, 0) is 18.9 Å². The normalized spacial score (nSPS) is 34.1. The van der Waals surface area contributed by atoms with Crippen molar-refractivity contribution >= 4 is 0 Å². The fraction of sp³-hybridized carbons (Fsp3) is 0.556. The Morgan fingerprint density at radius 2 is 1.50 bits per heavy atom. The van der Waals surface area contributed by atoms with Crippen LogP contribution in [0.4, 0.5) is 0 Å². The van der Waals surface area contributed by atoms with Gasteiger partial charge in [-0.1, -0.05) is 13.2 Å². The number of ether oxygens (including phenoxy) is 4. The van der Waals surface area contributed by atoms with Crippen LogP contribution in [0.25, 0.3) is 0 Å². The van der Waals surface area contributed by atoms with Gasteiger partial charge in [-0.15, -0.1) is 0 Å². The molecular formula is C9H12O5. The van der Waals surface area contributed by atoms with E-state index >= 15 is 0 Å². The summed E-state index contributed by atoms with van der Waals surface area (Å²) in [6.45, 7) is 7.72. The predicted octanol–water partition coefficient (Wildman–Crippen LogP) is 0.120. The second-order valence-electron chi connectivity index (χ2n) is 3.16.